The van der Waals surface area contributed by atoms with E-state index in [1.54, 1.807) is 27.0 Å². The maximum atomic E-state index is 12.1. The van der Waals surface area contributed by atoms with Gasteiger partial charge in [-0.25, -0.2) is 0 Å². The van der Waals surface area contributed by atoms with Gasteiger partial charge in [0, 0.05) is 12.7 Å². The lowest BCUT2D eigenvalue weighted by Gasteiger charge is -2.11. The number of alkyl halides is 2. The molecule has 5 nitrogen and oxygen atoms in total. The molecule has 1 amide bonds. The topological polar surface area (TPSA) is 56.1 Å². The number of benzene rings is 1. The number of rotatable bonds is 4. The van der Waals surface area contributed by atoms with E-state index in [0.29, 0.717) is 16.9 Å². The van der Waals surface area contributed by atoms with E-state index in [1.165, 1.54) is 22.9 Å². The number of nitrogens with zero attached hydrogens (tertiary/aromatic N) is 2. The van der Waals surface area contributed by atoms with Crippen LogP contribution in [0.1, 0.15) is 21.7 Å². The second kappa shape index (κ2) is 5.90. The number of halogens is 2. The smallest absolute Gasteiger partial charge is 0.387 e. The zero-order valence-electron chi connectivity index (χ0n) is 11.9. The summed E-state index contributed by atoms with van der Waals surface area (Å²) >= 11 is 0. The largest absolute Gasteiger partial charge is 0.435 e. The summed E-state index contributed by atoms with van der Waals surface area (Å²) in [5.74, 6) is -0.263. The molecule has 2 rings (SSSR count). The molecule has 1 aromatic heterocycles. The van der Waals surface area contributed by atoms with Gasteiger partial charge in [-0.2, -0.15) is 13.9 Å². The molecule has 21 heavy (non-hydrogen) atoms. The van der Waals surface area contributed by atoms with Crippen molar-refractivity contribution in [1.82, 2.24) is 9.78 Å². The maximum absolute atomic E-state index is 12.1. The average Bonchev–Trinajstić information content (AvgIpc) is 2.71. The van der Waals surface area contributed by atoms with E-state index in [2.05, 4.69) is 15.2 Å². The van der Waals surface area contributed by atoms with Gasteiger partial charge in [-0.3, -0.25) is 9.48 Å². The van der Waals surface area contributed by atoms with Crippen LogP contribution in [0.15, 0.2) is 24.3 Å². The van der Waals surface area contributed by atoms with Crippen molar-refractivity contribution in [2.45, 2.75) is 20.5 Å². The predicted octanol–water partition coefficient (Wildman–Crippen LogP) is 2.89. The third kappa shape index (κ3) is 3.56. The zero-order chi connectivity index (χ0) is 15.6. The van der Waals surface area contributed by atoms with E-state index in [9.17, 15) is 13.6 Å². The van der Waals surface area contributed by atoms with E-state index in [0.717, 1.165) is 5.69 Å². The number of amides is 1. The molecule has 1 aromatic carbocycles. The summed E-state index contributed by atoms with van der Waals surface area (Å²) in [4.78, 5) is 12.1. The van der Waals surface area contributed by atoms with Crippen LogP contribution in [0.25, 0.3) is 0 Å². The number of anilines is 1. The van der Waals surface area contributed by atoms with E-state index in [-0.39, 0.29) is 11.7 Å². The Morgan fingerprint density at radius 3 is 2.57 bits per heavy atom. The number of carbonyl (C=O) groups is 1. The van der Waals surface area contributed by atoms with Gasteiger partial charge in [-0.1, -0.05) is 0 Å². The van der Waals surface area contributed by atoms with Gasteiger partial charge in [0.05, 0.1) is 5.69 Å². The Kier molecular flexibility index (Phi) is 4.21. The van der Waals surface area contributed by atoms with Crippen LogP contribution in [0.5, 0.6) is 5.75 Å². The van der Waals surface area contributed by atoms with Gasteiger partial charge in [0.2, 0.25) is 0 Å². The molecule has 2 aromatic rings. The van der Waals surface area contributed by atoms with Crippen LogP contribution in [0.2, 0.25) is 0 Å². The quantitative estimate of drug-likeness (QED) is 0.943. The molecular formula is C14H15F2N3O2. The van der Waals surface area contributed by atoms with E-state index >= 15 is 0 Å². The molecule has 1 N–H and O–H groups in total. The van der Waals surface area contributed by atoms with E-state index in [4.69, 9.17) is 0 Å². The van der Waals surface area contributed by atoms with Gasteiger partial charge in [-0.05, 0) is 43.7 Å². The summed E-state index contributed by atoms with van der Waals surface area (Å²) in [6.07, 6.45) is 0. The minimum atomic E-state index is -2.87. The lowest BCUT2D eigenvalue weighted by atomic mass is 10.2. The van der Waals surface area contributed by atoms with Crippen LogP contribution in [0, 0.1) is 13.8 Å². The fraction of sp³-hybridized carbons (Fsp3) is 0.286. The summed E-state index contributed by atoms with van der Waals surface area (Å²) in [6.45, 7) is 0.614. The van der Waals surface area contributed by atoms with Crippen LogP contribution in [-0.2, 0) is 7.05 Å². The SMILES string of the molecule is Cc1cc(C(=O)Nc2ccc(OC(F)F)cc2C)n(C)n1. The normalized spacial score (nSPS) is 10.8. The second-order valence-electron chi connectivity index (χ2n) is 4.60. The van der Waals surface area contributed by atoms with Gasteiger partial charge < -0.3 is 10.1 Å². The Bertz CT molecular complexity index is 668. The third-order valence-corrected chi connectivity index (χ3v) is 2.91. The first kappa shape index (κ1) is 15.0. The monoisotopic (exact) mass is 295 g/mol. The average molecular weight is 295 g/mol. The van der Waals surface area contributed by atoms with Crippen molar-refractivity contribution in [3.63, 3.8) is 0 Å². The van der Waals surface area contributed by atoms with Crippen LogP contribution in [0.3, 0.4) is 0 Å². The summed E-state index contributed by atoms with van der Waals surface area (Å²) in [7, 11) is 1.67. The molecule has 0 saturated heterocycles. The van der Waals surface area contributed by atoms with Crippen molar-refractivity contribution in [1.29, 1.82) is 0 Å². The van der Waals surface area contributed by atoms with Crippen LogP contribution in [0.4, 0.5) is 14.5 Å². The van der Waals surface area contributed by atoms with Crippen LogP contribution in [-0.4, -0.2) is 22.3 Å². The number of hydrogen-bond donors (Lipinski definition) is 1. The van der Waals surface area contributed by atoms with Gasteiger partial charge in [-0.15, -0.1) is 0 Å². The minimum absolute atomic E-state index is 0.0527. The van der Waals surface area contributed by atoms with Crippen LogP contribution >= 0.6 is 0 Å². The summed E-state index contributed by atoms with van der Waals surface area (Å²) in [5, 5.41) is 6.81. The summed E-state index contributed by atoms with van der Waals surface area (Å²) < 4.78 is 30.0. The molecule has 0 radical (unpaired) electrons. The van der Waals surface area contributed by atoms with Gasteiger partial charge in [0.1, 0.15) is 11.4 Å². The lowest BCUT2D eigenvalue weighted by molar-refractivity contribution is -0.0498. The number of aromatic nitrogens is 2. The number of nitrogens with one attached hydrogen (secondary N) is 1. The molecular weight excluding hydrogens is 280 g/mol. The molecule has 0 aliphatic carbocycles. The molecule has 0 unspecified atom stereocenters. The van der Waals surface area contributed by atoms with Gasteiger partial charge in [0.25, 0.3) is 5.91 Å². The number of aryl methyl sites for hydroxylation is 3. The standard InChI is InChI=1S/C14H15F2N3O2/c1-8-6-10(21-14(15)16)4-5-11(8)17-13(20)12-7-9(2)18-19(12)3/h4-7,14H,1-3H3,(H,17,20). The summed E-state index contributed by atoms with van der Waals surface area (Å²) in [6, 6.07) is 6.01. The fourth-order valence-electron chi connectivity index (χ4n) is 1.96. The number of hydrogen-bond acceptors (Lipinski definition) is 3. The fourth-order valence-corrected chi connectivity index (χ4v) is 1.96. The first-order valence-corrected chi connectivity index (χ1v) is 6.24. The highest BCUT2D eigenvalue weighted by molar-refractivity contribution is 6.03. The van der Waals surface area contributed by atoms with Crippen molar-refractivity contribution in [3.05, 3.63) is 41.2 Å². The Balaban J connectivity index is 2.16. The molecule has 0 atom stereocenters. The summed E-state index contributed by atoms with van der Waals surface area (Å²) in [5.41, 5.74) is 2.31. The third-order valence-electron chi connectivity index (χ3n) is 2.91. The molecule has 7 heteroatoms. The minimum Gasteiger partial charge on any atom is -0.435 e. The Morgan fingerprint density at radius 2 is 2.05 bits per heavy atom. The molecule has 1 heterocycles. The predicted molar refractivity (Wildman–Crippen MR) is 73.7 cm³/mol. The highest BCUT2D eigenvalue weighted by atomic mass is 19.3. The molecule has 112 valence electrons. The first-order chi connectivity index (χ1) is 9.86. The van der Waals surface area contributed by atoms with Crippen LogP contribution < -0.4 is 10.1 Å². The van der Waals surface area contributed by atoms with E-state index < -0.39 is 6.61 Å². The van der Waals surface area contributed by atoms with Crippen molar-refractivity contribution < 1.29 is 18.3 Å². The van der Waals surface area contributed by atoms with Crippen molar-refractivity contribution >= 4 is 11.6 Å². The zero-order valence-corrected chi connectivity index (χ0v) is 11.9. The highest BCUT2D eigenvalue weighted by Gasteiger charge is 2.13. The Labute approximate surface area is 120 Å². The number of ether oxygens (including phenoxy) is 1. The molecule has 0 spiro atoms. The molecule has 0 aliphatic heterocycles. The van der Waals surface area contributed by atoms with E-state index in [1.807, 2.05) is 0 Å². The number of carbonyl (C=O) groups excluding carboxylic acids is 1. The Hall–Kier alpha value is -2.44. The molecule has 0 aliphatic rings. The van der Waals surface area contributed by atoms with Gasteiger partial charge in [0.15, 0.2) is 0 Å². The maximum Gasteiger partial charge on any atom is 0.387 e. The molecule has 0 fully saturated rings. The molecule has 0 bridgehead atoms. The lowest BCUT2D eigenvalue weighted by Crippen LogP contribution is -2.16. The molecule has 0 saturated carbocycles. The Morgan fingerprint density at radius 1 is 1.33 bits per heavy atom. The highest BCUT2D eigenvalue weighted by Crippen LogP contribution is 2.23. The van der Waals surface area contributed by atoms with Crippen molar-refractivity contribution in [2.75, 3.05) is 5.32 Å². The van der Waals surface area contributed by atoms with Crippen molar-refractivity contribution in [2.24, 2.45) is 7.05 Å². The van der Waals surface area contributed by atoms with Crippen molar-refractivity contribution in [3.8, 4) is 5.75 Å². The van der Waals surface area contributed by atoms with Gasteiger partial charge >= 0.3 is 6.61 Å². The second-order valence-corrected chi connectivity index (χ2v) is 4.60. The first-order valence-electron chi connectivity index (χ1n) is 6.24.